The normalized spacial score (nSPS) is 16.8. The molecule has 0 radical (unpaired) electrons. The minimum absolute atomic E-state index is 0.121. The molecule has 1 unspecified atom stereocenters. The zero-order chi connectivity index (χ0) is 18.0. The number of benzene rings is 1. The van der Waals surface area contributed by atoms with Gasteiger partial charge in [0.1, 0.15) is 17.3 Å². The maximum absolute atomic E-state index is 12.5. The second-order valence-corrected chi connectivity index (χ2v) is 5.76. The third-order valence-corrected chi connectivity index (χ3v) is 4.05. The average molecular weight is 345 g/mol. The fourth-order valence-electron chi connectivity index (χ4n) is 2.72. The molecular weight excluding hydrogens is 326 g/mol. The fraction of sp³-hybridized carbons (Fsp3) is 0.353. The number of nitrogens with one attached hydrogen (secondary N) is 1. The summed E-state index contributed by atoms with van der Waals surface area (Å²) in [5.41, 5.74) is 0.525. The third-order valence-electron chi connectivity index (χ3n) is 4.05. The van der Waals surface area contributed by atoms with Crippen LogP contribution in [0.4, 0.5) is 11.5 Å². The summed E-state index contributed by atoms with van der Waals surface area (Å²) in [6, 6.07) is 6.78. The van der Waals surface area contributed by atoms with E-state index in [9.17, 15) is 9.59 Å². The Morgan fingerprint density at radius 3 is 2.76 bits per heavy atom. The fourth-order valence-corrected chi connectivity index (χ4v) is 2.72. The van der Waals surface area contributed by atoms with Gasteiger partial charge < -0.3 is 19.3 Å². The monoisotopic (exact) mass is 345 g/mol. The van der Waals surface area contributed by atoms with E-state index in [-0.39, 0.29) is 24.8 Å². The Balaban J connectivity index is 1.71. The summed E-state index contributed by atoms with van der Waals surface area (Å²) in [7, 11) is 3.07. The van der Waals surface area contributed by atoms with Gasteiger partial charge in [-0.2, -0.15) is 0 Å². The molecule has 0 bridgehead atoms. The lowest BCUT2D eigenvalue weighted by atomic mass is 10.1. The molecule has 1 fully saturated rings. The van der Waals surface area contributed by atoms with Crippen LogP contribution in [-0.2, 0) is 9.59 Å². The molecule has 1 aliphatic rings. The van der Waals surface area contributed by atoms with Crippen LogP contribution in [0.25, 0.3) is 0 Å². The highest BCUT2D eigenvalue weighted by molar-refractivity contribution is 6.03. The molecular formula is C17H19N3O5. The van der Waals surface area contributed by atoms with Gasteiger partial charge in [0, 0.05) is 25.1 Å². The first-order valence-electron chi connectivity index (χ1n) is 7.78. The molecule has 1 atom stereocenters. The Kier molecular flexibility index (Phi) is 4.60. The number of methoxy groups -OCH3 is 2. The van der Waals surface area contributed by atoms with Gasteiger partial charge in [-0.05, 0) is 19.1 Å². The number of anilines is 2. The van der Waals surface area contributed by atoms with Crippen molar-refractivity contribution in [2.75, 3.05) is 31.0 Å². The van der Waals surface area contributed by atoms with Gasteiger partial charge in [-0.1, -0.05) is 5.16 Å². The summed E-state index contributed by atoms with van der Waals surface area (Å²) in [4.78, 5) is 26.2. The molecule has 2 heterocycles. The van der Waals surface area contributed by atoms with E-state index in [1.54, 1.807) is 38.3 Å². The molecule has 1 N–H and O–H groups in total. The Morgan fingerprint density at radius 1 is 1.32 bits per heavy atom. The van der Waals surface area contributed by atoms with E-state index in [1.165, 1.54) is 12.0 Å². The lowest BCUT2D eigenvalue weighted by molar-refractivity contribution is -0.122. The van der Waals surface area contributed by atoms with Gasteiger partial charge in [0.05, 0.1) is 25.8 Å². The third kappa shape index (κ3) is 3.42. The van der Waals surface area contributed by atoms with Crippen LogP contribution in [0.15, 0.2) is 28.8 Å². The number of nitrogens with zero attached hydrogens (tertiary/aromatic N) is 2. The summed E-state index contributed by atoms with van der Waals surface area (Å²) < 4.78 is 15.4. The standard InChI is InChI=1S/C17H19N3O5/c1-10-6-15(19-25-10)20-9-11(7-16(20)21)17(22)18-13-5-4-12(23-2)8-14(13)24-3/h4-6,8,11H,7,9H2,1-3H3,(H,18,22). The first kappa shape index (κ1) is 16.8. The van der Waals surface area contributed by atoms with Gasteiger partial charge in [0.2, 0.25) is 11.8 Å². The Bertz CT molecular complexity index is 801. The summed E-state index contributed by atoms with van der Waals surface area (Å²) in [6.07, 6.45) is 0.121. The Labute approximate surface area is 144 Å². The Morgan fingerprint density at radius 2 is 2.12 bits per heavy atom. The predicted octanol–water partition coefficient (Wildman–Crippen LogP) is 1.99. The number of hydrogen-bond donors (Lipinski definition) is 1. The van der Waals surface area contributed by atoms with E-state index >= 15 is 0 Å². The van der Waals surface area contributed by atoms with Crippen molar-refractivity contribution in [3.05, 3.63) is 30.0 Å². The van der Waals surface area contributed by atoms with E-state index in [0.29, 0.717) is 28.8 Å². The van der Waals surface area contributed by atoms with Crippen molar-refractivity contribution in [3.8, 4) is 11.5 Å². The summed E-state index contributed by atoms with van der Waals surface area (Å²) in [6.45, 7) is 2.01. The Hall–Kier alpha value is -3.03. The molecule has 0 saturated carbocycles. The number of carbonyl (C=O) groups is 2. The highest BCUT2D eigenvalue weighted by Gasteiger charge is 2.36. The van der Waals surface area contributed by atoms with Crippen molar-refractivity contribution in [1.29, 1.82) is 0 Å². The van der Waals surface area contributed by atoms with E-state index in [2.05, 4.69) is 10.5 Å². The quantitative estimate of drug-likeness (QED) is 0.891. The smallest absolute Gasteiger partial charge is 0.229 e. The molecule has 3 rings (SSSR count). The van der Waals surface area contributed by atoms with Crippen molar-refractivity contribution in [2.45, 2.75) is 13.3 Å². The van der Waals surface area contributed by atoms with Gasteiger partial charge in [0.15, 0.2) is 5.82 Å². The molecule has 132 valence electrons. The van der Waals surface area contributed by atoms with Crippen molar-refractivity contribution in [3.63, 3.8) is 0 Å². The summed E-state index contributed by atoms with van der Waals surface area (Å²) >= 11 is 0. The van der Waals surface area contributed by atoms with Crippen LogP contribution in [0.1, 0.15) is 12.2 Å². The molecule has 25 heavy (non-hydrogen) atoms. The van der Waals surface area contributed by atoms with Crippen LogP contribution in [0.3, 0.4) is 0 Å². The van der Waals surface area contributed by atoms with Crippen LogP contribution >= 0.6 is 0 Å². The van der Waals surface area contributed by atoms with Crippen LogP contribution in [0, 0.1) is 12.8 Å². The topological polar surface area (TPSA) is 93.9 Å². The number of carbonyl (C=O) groups excluding carboxylic acids is 2. The van der Waals surface area contributed by atoms with Gasteiger partial charge >= 0.3 is 0 Å². The number of amides is 2. The number of aryl methyl sites for hydroxylation is 1. The lowest BCUT2D eigenvalue weighted by Gasteiger charge is -2.15. The second-order valence-electron chi connectivity index (χ2n) is 5.76. The van der Waals surface area contributed by atoms with Gasteiger partial charge in [-0.15, -0.1) is 0 Å². The molecule has 1 aromatic carbocycles. The molecule has 1 aliphatic heterocycles. The SMILES string of the molecule is COc1ccc(NC(=O)C2CC(=O)N(c3cc(C)on3)C2)c(OC)c1. The number of aromatic nitrogens is 1. The average Bonchev–Trinajstić information content (AvgIpc) is 3.20. The first-order chi connectivity index (χ1) is 12.0. The van der Waals surface area contributed by atoms with Crippen molar-refractivity contribution in [2.24, 2.45) is 5.92 Å². The molecule has 0 spiro atoms. The molecule has 0 aliphatic carbocycles. The number of hydrogen-bond acceptors (Lipinski definition) is 6. The van der Waals surface area contributed by atoms with Crippen molar-refractivity contribution in [1.82, 2.24) is 5.16 Å². The number of rotatable bonds is 5. The predicted molar refractivity (Wildman–Crippen MR) is 89.9 cm³/mol. The van der Waals surface area contributed by atoms with Crippen molar-refractivity contribution < 1.29 is 23.6 Å². The second kappa shape index (κ2) is 6.84. The summed E-state index contributed by atoms with van der Waals surface area (Å²) in [5, 5.41) is 6.65. The van der Waals surface area contributed by atoms with E-state index in [1.807, 2.05) is 0 Å². The van der Waals surface area contributed by atoms with Gasteiger partial charge in [-0.3, -0.25) is 14.5 Å². The van der Waals surface area contributed by atoms with Crippen LogP contribution in [0.2, 0.25) is 0 Å². The maximum Gasteiger partial charge on any atom is 0.229 e. The number of ether oxygens (including phenoxy) is 2. The maximum atomic E-state index is 12.5. The molecule has 1 saturated heterocycles. The highest BCUT2D eigenvalue weighted by atomic mass is 16.5. The van der Waals surface area contributed by atoms with E-state index < -0.39 is 5.92 Å². The first-order valence-corrected chi connectivity index (χ1v) is 7.78. The van der Waals surface area contributed by atoms with Crippen LogP contribution < -0.4 is 19.7 Å². The summed E-state index contributed by atoms with van der Waals surface area (Å²) in [5.74, 6) is 1.27. The minimum Gasteiger partial charge on any atom is -0.497 e. The van der Waals surface area contributed by atoms with Gasteiger partial charge in [-0.25, -0.2) is 0 Å². The van der Waals surface area contributed by atoms with Crippen LogP contribution in [0.5, 0.6) is 11.5 Å². The zero-order valence-electron chi connectivity index (χ0n) is 14.2. The molecule has 8 heteroatoms. The highest BCUT2D eigenvalue weighted by Crippen LogP contribution is 2.31. The van der Waals surface area contributed by atoms with Gasteiger partial charge in [0.25, 0.3) is 0 Å². The molecule has 2 aromatic rings. The largest absolute Gasteiger partial charge is 0.497 e. The zero-order valence-corrected chi connectivity index (χ0v) is 14.2. The van der Waals surface area contributed by atoms with Crippen LogP contribution in [-0.4, -0.2) is 37.7 Å². The van der Waals surface area contributed by atoms with Crippen molar-refractivity contribution >= 4 is 23.3 Å². The molecule has 1 aromatic heterocycles. The lowest BCUT2D eigenvalue weighted by Crippen LogP contribution is -2.28. The molecule has 8 nitrogen and oxygen atoms in total. The van der Waals surface area contributed by atoms with E-state index in [4.69, 9.17) is 14.0 Å². The minimum atomic E-state index is -0.476. The molecule has 2 amide bonds. The van der Waals surface area contributed by atoms with E-state index in [0.717, 1.165) is 0 Å².